The Morgan fingerprint density at radius 1 is 1.07 bits per heavy atom. The standard InChI is InChI=1S/C22H20N2O4/c1-23-22(26)20-13-24(17-10-4-5-11-19(17)28-20)21(25)14-27-18-12-6-8-15-7-2-3-9-16(15)18/h2-12,20H,13-14H2,1H3,(H,23,26). The van der Waals surface area contributed by atoms with Gasteiger partial charge in [0.25, 0.3) is 11.8 Å². The lowest BCUT2D eigenvalue weighted by molar-refractivity contribution is -0.128. The smallest absolute Gasteiger partial charge is 0.265 e. The van der Waals surface area contributed by atoms with Crippen LogP contribution in [0.25, 0.3) is 10.8 Å². The van der Waals surface area contributed by atoms with Gasteiger partial charge in [0, 0.05) is 12.4 Å². The molecule has 1 heterocycles. The number of nitrogens with zero attached hydrogens (tertiary/aromatic N) is 1. The highest BCUT2D eigenvalue weighted by Gasteiger charge is 2.33. The first-order valence-electron chi connectivity index (χ1n) is 9.05. The van der Waals surface area contributed by atoms with Crippen LogP contribution in [-0.4, -0.2) is 38.1 Å². The lowest BCUT2D eigenvalue weighted by Gasteiger charge is -2.33. The first kappa shape index (κ1) is 17.9. The molecule has 0 aromatic heterocycles. The molecule has 0 saturated carbocycles. The summed E-state index contributed by atoms with van der Waals surface area (Å²) in [6.45, 7) is -0.00275. The van der Waals surface area contributed by atoms with Gasteiger partial charge in [-0.3, -0.25) is 9.59 Å². The summed E-state index contributed by atoms with van der Waals surface area (Å²) in [6.07, 6.45) is -0.763. The number of benzene rings is 3. The molecule has 3 aromatic rings. The fourth-order valence-corrected chi connectivity index (χ4v) is 3.31. The van der Waals surface area contributed by atoms with Crippen molar-refractivity contribution in [3.05, 3.63) is 66.7 Å². The number of carbonyl (C=O) groups excluding carboxylic acids is 2. The number of fused-ring (bicyclic) bond motifs is 2. The summed E-state index contributed by atoms with van der Waals surface area (Å²) in [5.74, 6) is 0.636. The van der Waals surface area contributed by atoms with E-state index < -0.39 is 6.10 Å². The van der Waals surface area contributed by atoms with E-state index in [-0.39, 0.29) is 25.0 Å². The molecule has 0 spiro atoms. The average Bonchev–Trinajstić information content (AvgIpc) is 2.76. The van der Waals surface area contributed by atoms with Crippen LogP contribution in [0, 0.1) is 0 Å². The Hall–Kier alpha value is -3.54. The number of amides is 2. The van der Waals surface area contributed by atoms with Crippen molar-refractivity contribution in [2.75, 3.05) is 25.1 Å². The Balaban J connectivity index is 1.56. The zero-order valence-corrected chi connectivity index (χ0v) is 15.4. The summed E-state index contributed by atoms with van der Waals surface area (Å²) in [5.41, 5.74) is 0.633. The maximum absolute atomic E-state index is 12.9. The molecule has 0 radical (unpaired) electrons. The van der Waals surface area contributed by atoms with E-state index in [0.717, 1.165) is 10.8 Å². The number of hydrogen-bond acceptors (Lipinski definition) is 4. The highest BCUT2D eigenvalue weighted by molar-refractivity contribution is 5.98. The molecule has 6 heteroatoms. The molecule has 28 heavy (non-hydrogen) atoms. The maximum Gasteiger partial charge on any atom is 0.265 e. The second-order valence-corrected chi connectivity index (χ2v) is 6.46. The van der Waals surface area contributed by atoms with Gasteiger partial charge in [-0.15, -0.1) is 0 Å². The number of rotatable bonds is 4. The quantitative estimate of drug-likeness (QED) is 0.760. The minimum Gasteiger partial charge on any atom is -0.483 e. The van der Waals surface area contributed by atoms with Crippen molar-refractivity contribution in [2.45, 2.75) is 6.10 Å². The van der Waals surface area contributed by atoms with Crippen molar-refractivity contribution in [2.24, 2.45) is 0 Å². The lowest BCUT2D eigenvalue weighted by atomic mass is 10.1. The van der Waals surface area contributed by atoms with Crippen LogP contribution < -0.4 is 19.7 Å². The van der Waals surface area contributed by atoms with Crippen LogP contribution >= 0.6 is 0 Å². The molecule has 1 atom stereocenters. The molecule has 0 aliphatic carbocycles. The fourth-order valence-electron chi connectivity index (χ4n) is 3.31. The van der Waals surface area contributed by atoms with E-state index in [1.54, 1.807) is 30.1 Å². The first-order chi connectivity index (χ1) is 13.7. The number of para-hydroxylation sites is 2. The largest absolute Gasteiger partial charge is 0.483 e. The topological polar surface area (TPSA) is 67.9 Å². The van der Waals surface area contributed by atoms with Gasteiger partial charge in [-0.25, -0.2) is 0 Å². The molecular formula is C22H20N2O4. The summed E-state index contributed by atoms with van der Waals surface area (Å²) in [4.78, 5) is 26.6. The maximum atomic E-state index is 12.9. The van der Waals surface area contributed by atoms with Gasteiger partial charge in [0.05, 0.1) is 12.2 Å². The van der Waals surface area contributed by atoms with Crippen molar-refractivity contribution in [1.29, 1.82) is 0 Å². The predicted molar refractivity (Wildman–Crippen MR) is 107 cm³/mol. The van der Waals surface area contributed by atoms with Gasteiger partial charge in [-0.2, -0.15) is 0 Å². The number of nitrogens with one attached hydrogen (secondary N) is 1. The third kappa shape index (κ3) is 3.36. The number of ether oxygens (including phenoxy) is 2. The van der Waals surface area contributed by atoms with Gasteiger partial charge < -0.3 is 19.7 Å². The van der Waals surface area contributed by atoms with E-state index in [4.69, 9.17) is 9.47 Å². The summed E-state index contributed by atoms with van der Waals surface area (Å²) < 4.78 is 11.6. The molecule has 142 valence electrons. The number of anilines is 1. The van der Waals surface area contributed by atoms with E-state index in [9.17, 15) is 9.59 Å². The van der Waals surface area contributed by atoms with Crippen molar-refractivity contribution in [3.8, 4) is 11.5 Å². The van der Waals surface area contributed by atoms with Crippen LogP contribution in [0.5, 0.6) is 11.5 Å². The van der Waals surface area contributed by atoms with Gasteiger partial charge in [0.1, 0.15) is 11.5 Å². The zero-order chi connectivity index (χ0) is 19.5. The molecular weight excluding hydrogens is 356 g/mol. The highest BCUT2D eigenvalue weighted by atomic mass is 16.5. The van der Waals surface area contributed by atoms with Crippen molar-refractivity contribution in [3.63, 3.8) is 0 Å². The molecule has 1 aliphatic heterocycles. The number of hydrogen-bond donors (Lipinski definition) is 1. The van der Waals surface area contributed by atoms with Gasteiger partial charge >= 0.3 is 0 Å². The molecule has 1 N–H and O–H groups in total. The highest BCUT2D eigenvalue weighted by Crippen LogP contribution is 2.33. The molecule has 0 fully saturated rings. The summed E-state index contributed by atoms with van der Waals surface area (Å²) in [6, 6.07) is 20.8. The normalized spacial score (nSPS) is 15.5. The molecule has 6 nitrogen and oxygen atoms in total. The van der Waals surface area contributed by atoms with E-state index in [1.165, 1.54) is 0 Å². The first-order valence-corrected chi connectivity index (χ1v) is 9.05. The average molecular weight is 376 g/mol. The SMILES string of the molecule is CNC(=O)C1CN(C(=O)COc2cccc3ccccc23)c2ccccc2O1. The van der Waals surface area contributed by atoms with E-state index >= 15 is 0 Å². The predicted octanol–water partition coefficient (Wildman–Crippen LogP) is 2.76. The van der Waals surface area contributed by atoms with Crippen LogP contribution in [0.3, 0.4) is 0 Å². The van der Waals surface area contributed by atoms with E-state index in [0.29, 0.717) is 17.2 Å². The Bertz CT molecular complexity index is 1030. The minimum absolute atomic E-state index is 0.133. The Labute approximate surface area is 162 Å². The van der Waals surface area contributed by atoms with Crippen molar-refractivity contribution in [1.82, 2.24) is 5.32 Å². The molecule has 2 amide bonds. The third-order valence-corrected chi connectivity index (χ3v) is 4.71. The van der Waals surface area contributed by atoms with Crippen LogP contribution in [-0.2, 0) is 9.59 Å². The van der Waals surface area contributed by atoms with Gasteiger partial charge in [0.15, 0.2) is 12.7 Å². The molecule has 1 aliphatic rings. The second-order valence-electron chi connectivity index (χ2n) is 6.46. The van der Waals surface area contributed by atoms with E-state index in [1.807, 2.05) is 48.5 Å². The summed E-state index contributed by atoms with van der Waals surface area (Å²) >= 11 is 0. The van der Waals surface area contributed by atoms with Gasteiger partial charge in [-0.05, 0) is 23.6 Å². The van der Waals surface area contributed by atoms with Crippen LogP contribution in [0.2, 0.25) is 0 Å². The fraction of sp³-hybridized carbons (Fsp3) is 0.182. The van der Waals surface area contributed by atoms with E-state index in [2.05, 4.69) is 5.32 Å². The molecule has 0 saturated heterocycles. The van der Waals surface area contributed by atoms with Gasteiger partial charge in [-0.1, -0.05) is 48.5 Å². The second kappa shape index (κ2) is 7.60. The molecule has 3 aromatic carbocycles. The monoisotopic (exact) mass is 376 g/mol. The Morgan fingerprint density at radius 2 is 1.82 bits per heavy atom. The molecule has 1 unspecified atom stereocenters. The molecule has 0 bridgehead atoms. The zero-order valence-electron chi connectivity index (χ0n) is 15.4. The molecule has 4 rings (SSSR count). The van der Waals surface area contributed by atoms with Crippen molar-refractivity contribution < 1.29 is 19.1 Å². The van der Waals surface area contributed by atoms with Crippen LogP contribution in [0.4, 0.5) is 5.69 Å². The Kier molecular flexibility index (Phi) is 4.85. The number of likely N-dealkylation sites (N-methyl/N-ethyl adjacent to an activating group) is 1. The van der Waals surface area contributed by atoms with Crippen LogP contribution in [0.15, 0.2) is 66.7 Å². The van der Waals surface area contributed by atoms with Gasteiger partial charge in [0.2, 0.25) is 0 Å². The lowest BCUT2D eigenvalue weighted by Crippen LogP contribution is -2.51. The summed E-state index contributed by atoms with van der Waals surface area (Å²) in [7, 11) is 1.54. The van der Waals surface area contributed by atoms with Crippen LogP contribution in [0.1, 0.15) is 0 Å². The van der Waals surface area contributed by atoms with Crippen molar-refractivity contribution >= 4 is 28.3 Å². The Morgan fingerprint density at radius 3 is 2.68 bits per heavy atom. The number of carbonyl (C=O) groups is 2. The third-order valence-electron chi connectivity index (χ3n) is 4.71. The minimum atomic E-state index is -0.763. The summed E-state index contributed by atoms with van der Waals surface area (Å²) in [5, 5.41) is 4.56.